The highest BCUT2D eigenvalue weighted by atomic mass is 35.5. The van der Waals surface area contributed by atoms with Gasteiger partial charge >= 0.3 is 0 Å². The van der Waals surface area contributed by atoms with Crippen LogP contribution >= 0.6 is 12.4 Å². The number of halogens is 2. The van der Waals surface area contributed by atoms with E-state index >= 15 is 0 Å². The molecule has 1 unspecified atom stereocenters. The summed E-state index contributed by atoms with van der Waals surface area (Å²) in [6.45, 7) is 1.60. The minimum absolute atomic E-state index is 0. The van der Waals surface area contributed by atoms with Crippen LogP contribution in [0.3, 0.4) is 0 Å². The number of rotatable bonds is 5. The van der Waals surface area contributed by atoms with Gasteiger partial charge in [0.05, 0.1) is 0 Å². The molecule has 0 aromatic heterocycles. The normalized spacial score (nSPS) is 14.8. The van der Waals surface area contributed by atoms with Crippen LogP contribution in [0, 0.1) is 5.82 Å². The third-order valence-corrected chi connectivity index (χ3v) is 4.54. The molecular weight excluding hydrogens is 385 g/mol. The molecule has 1 heterocycles. The molecule has 2 N–H and O–H groups in total. The van der Waals surface area contributed by atoms with Crippen LogP contribution < -0.4 is 10.5 Å². The van der Waals surface area contributed by atoms with Gasteiger partial charge in [-0.25, -0.2) is 4.39 Å². The Balaban J connectivity index is 0.00000280. The van der Waals surface area contributed by atoms with Crippen LogP contribution in [0.2, 0.25) is 0 Å². The fourth-order valence-corrected chi connectivity index (χ4v) is 2.94. The van der Waals surface area contributed by atoms with Crippen LogP contribution in [0.5, 0.6) is 5.75 Å². The summed E-state index contributed by atoms with van der Waals surface area (Å²) in [6, 6.07) is 14.0. The third-order valence-electron chi connectivity index (χ3n) is 4.54. The number of hydrogen-bond donors (Lipinski definition) is 1. The first kappa shape index (κ1) is 21.7. The molecule has 1 saturated heterocycles. The zero-order valence-electron chi connectivity index (χ0n) is 15.3. The fourth-order valence-electron chi connectivity index (χ4n) is 2.94. The van der Waals surface area contributed by atoms with Crippen molar-refractivity contribution in [1.82, 2.24) is 9.80 Å². The molecule has 0 radical (unpaired) electrons. The zero-order chi connectivity index (χ0) is 19.2. The van der Waals surface area contributed by atoms with Gasteiger partial charge in [-0.2, -0.15) is 0 Å². The van der Waals surface area contributed by atoms with Gasteiger partial charge in [-0.3, -0.25) is 9.59 Å². The van der Waals surface area contributed by atoms with Crippen LogP contribution in [0.1, 0.15) is 11.6 Å². The maximum absolute atomic E-state index is 12.9. The molecule has 1 fully saturated rings. The number of carbonyl (C=O) groups excluding carboxylic acids is 2. The van der Waals surface area contributed by atoms with Crippen molar-refractivity contribution in [3.8, 4) is 5.75 Å². The van der Waals surface area contributed by atoms with Crippen molar-refractivity contribution in [3.05, 3.63) is 66.0 Å². The zero-order valence-corrected chi connectivity index (χ0v) is 16.1. The van der Waals surface area contributed by atoms with Crippen molar-refractivity contribution >= 4 is 24.2 Å². The van der Waals surface area contributed by atoms with E-state index in [1.54, 1.807) is 9.80 Å². The molecule has 2 aromatic carbocycles. The van der Waals surface area contributed by atoms with Crippen molar-refractivity contribution in [2.24, 2.45) is 5.73 Å². The molecule has 150 valence electrons. The molecule has 0 bridgehead atoms. The third kappa shape index (κ3) is 5.43. The SMILES string of the molecule is Cl.NC(C(=O)N1CCN(C(=O)COc2ccc(F)cc2)CC1)c1ccccc1. The highest BCUT2D eigenvalue weighted by Crippen LogP contribution is 2.15. The molecule has 28 heavy (non-hydrogen) atoms. The molecule has 0 spiro atoms. The van der Waals surface area contributed by atoms with Crippen LogP contribution in [0.4, 0.5) is 4.39 Å². The summed E-state index contributed by atoms with van der Waals surface area (Å²) in [5.41, 5.74) is 6.84. The molecule has 1 aliphatic heterocycles. The molecule has 2 amide bonds. The topological polar surface area (TPSA) is 75.9 Å². The molecule has 1 atom stereocenters. The highest BCUT2D eigenvalue weighted by Gasteiger charge is 2.27. The molecule has 2 aromatic rings. The number of benzene rings is 2. The van der Waals surface area contributed by atoms with E-state index in [4.69, 9.17) is 10.5 Å². The Morgan fingerprint density at radius 3 is 2.14 bits per heavy atom. The highest BCUT2D eigenvalue weighted by molar-refractivity contribution is 5.85. The molecular formula is C20H23ClFN3O3. The smallest absolute Gasteiger partial charge is 0.260 e. The largest absolute Gasteiger partial charge is 0.484 e. The lowest BCUT2D eigenvalue weighted by molar-refractivity contribution is -0.141. The quantitative estimate of drug-likeness (QED) is 0.822. The predicted octanol–water partition coefficient (Wildman–Crippen LogP) is 2.00. The average molecular weight is 408 g/mol. The summed E-state index contributed by atoms with van der Waals surface area (Å²) in [6.07, 6.45) is 0. The van der Waals surface area contributed by atoms with Crippen LogP contribution in [-0.4, -0.2) is 54.4 Å². The van der Waals surface area contributed by atoms with Gasteiger partial charge in [0, 0.05) is 26.2 Å². The van der Waals surface area contributed by atoms with Gasteiger partial charge in [-0.05, 0) is 29.8 Å². The van der Waals surface area contributed by atoms with Gasteiger partial charge in [0.25, 0.3) is 5.91 Å². The van der Waals surface area contributed by atoms with Crippen LogP contribution in [0.15, 0.2) is 54.6 Å². The van der Waals surface area contributed by atoms with Crippen molar-refractivity contribution in [2.45, 2.75) is 6.04 Å². The van der Waals surface area contributed by atoms with Gasteiger partial charge in [-0.1, -0.05) is 30.3 Å². The molecule has 6 nitrogen and oxygen atoms in total. The first-order valence-corrected chi connectivity index (χ1v) is 8.80. The van der Waals surface area contributed by atoms with Crippen LogP contribution in [0.25, 0.3) is 0 Å². The van der Waals surface area contributed by atoms with Crippen molar-refractivity contribution < 1.29 is 18.7 Å². The summed E-state index contributed by atoms with van der Waals surface area (Å²) in [5.74, 6) is -0.231. The lowest BCUT2D eigenvalue weighted by Crippen LogP contribution is -2.53. The maximum atomic E-state index is 12.9. The van der Waals surface area contributed by atoms with Gasteiger partial charge < -0.3 is 20.3 Å². The van der Waals surface area contributed by atoms with E-state index in [0.717, 1.165) is 5.56 Å². The Kier molecular flexibility index (Phi) is 7.78. The number of carbonyl (C=O) groups is 2. The van der Waals surface area contributed by atoms with Crippen molar-refractivity contribution in [1.29, 1.82) is 0 Å². The molecule has 8 heteroatoms. The summed E-state index contributed by atoms with van der Waals surface area (Å²) >= 11 is 0. The van der Waals surface area contributed by atoms with E-state index in [-0.39, 0.29) is 36.6 Å². The number of nitrogens with two attached hydrogens (primary N) is 1. The second kappa shape index (κ2) is 10.1. The van der Waals surface area contributed by atoms with E-state index < -0.39 is 6.04 Å². The summed E-state index contributed by atoms with van der Waals surface area (Å²) in [5, 5.41) is 0. The second-order valence-electron chi connectivity index (χ2n) is 6.34. The number of hydrogen-bond acceptors (Lipinski definition) is 4. The number of amides is 2. The van der Waals surface area contributed by atoms with E-state index in [1.165, 1.54) is 24.3 Å². The number of piperazine rings is 1. The number of ether oxygens (including phenoxy) is 1. The molecule has 3 rings (SSSR count). The fraction of sp³-hybridized carbons (Fsp3) is 0.300. The van der Waals surface area contributed by atoms with Gasteiger partial charge in [0.15, 0.2) is 6.61 Å². The minimum Gasteiger partial charge on any atom is -0.484 e. The van der Waals surface area contributed by atoms with E-state index in [9.17, 15) is 14.0 Å². The van der Waals surface area contributed by atoms with Gasteiger partial charge in [0.1, 0.15) is 17.6 Å². The molecule has 0 aliphatic carbocycles. The second-order valence-corrected chi connectivity index (χ2v) is 6.34. The van der Waals surface area contributed by atoms with Gasteiger partial charge in [0.2, 0.25) is 5.91 Å². The Bertz CT molecular complexity index is 781. The molecule has 0 saturated carbocycles. The first-order chi connectivity index (χ1) is 13.0. The van der Waals surface area contributed by atoms with Crippen molar-refractivity contribution in [3.63, 3.8) is 0 Å². The Morgan fingerprint density at radius 1 is 0.964 bits per heavy atom. The maximum Gasteiger partial charge on any atom is 0.260 e. The Morgan fingerprint density at radius 2 is 1.54 bits per heavy atom. The van der Waals surface area contributed by atoms with E-state index in [0.29, 0.717) is 31.9 Å². The summed E-state index contributed by atoms with van der Waals surface area (Å²) < 4.78 is 18.3. The van der Waals surface area contributed by atoms with E-state index in [2.05, 4.69) is 0 Å². The number of nitrogens with zero attached hydrogens (tertiary/aromatic N) is 2. The molecule has 1 aliphatic rings. The van der Waals surface area contributed by atoms with Crippen molar-refractivity contribution in [2.75, 3.05) is 32.8 Å². The summed E-state index contributed by atoms with van der Waals surface area (Å²) in [7, 11) is 0. The minimum atomic E-state index is -0.699. The average Bonchev–Trinajstić information content (AvgIpc) is 2.73. The Hall–Kier alpha value is -2.64. The predicted molar refractivity (Wildman–Crippen MR) is 106 cm³/mol. The lowest BCUT2D eigenvalue weighted by atomic mass is 10.1. The standard InChI is InChI=1S/C20H22FN3O3.ClH/c21-16-6-8-17(9-7-16)27-14-18(25)23-10-12-24(13-11-23)20(26)19(22)15-4-2-1-3-5-15;/h1-9,19H,10-14,22H2;1H. The van der Waals surface area contributed by atoms with E-state index in [1.807, 2.05) is 30.3 Å². The summed E-state index contributed by atoms with van der Waals surface area (Å²) in [4.78, 5) is 28.2. The van der Waals surface area contributed by atoms with Gasteiger partial charge in [-0.15, -0.1) is 12.4 Å². The Labute approximate surface area is 169 Å². The first-order valence-electron chi connectivity index (χ1n) is 8.80. The monoisotopic (exact) mass is 407 g/mol. The van der Waals surface area contributed by atoms with Crippen LogP contribution in [-0.2, 0) is 9.59 Å². The lowest BCUT2D eigenvalue weighted by Gasteiger charge is -2.35.